The maximum atomic E-state index is 12.8. The van der Waals surface area contributed by atoms with Crippen LogP contribution in [0.4, 0.5) is 4.79 Å². The Bertz CT molecular complexity index is 1170. The number of rotatable bonds is 6. The third-order valence-electron chi connectivity index (χ3n) is 6.79. The van der Waals surface area contributed by atoms with Crippen molar-refractivity contribution in [3.8, 4) is 11.1 Å². The minimum Gasteiger partial charge on any atom is -0.445 e. The van der Waals surface area contributed by atoms with E-state index in [0.717, 1.165) is 59.1 Å². The van der Waals surface area contributed by atoms with Crippen molar-refractivity contribution >= 4 is 12.0 Å². The predicted octanol–water partition coefficient (Wildman–Crippen LogP) is 6.03. The van der Waals surface area contributed by atoms with Crippen LogP contribution in [0.3, 0.4) is 0 Å². The Hall–Kier alpha value is -3.60. The van der Waals surface area contributed by atoms with E-state index in [1.807, 2.05) is 54.3 Å². The number of nitrogens with zero attached hydrogens (tertiary/aromatic N) is 1. The molecule has 3 aromatic rings. The van der Waals surface area contributed by atoms with Crippen LogP contribution in [-0.2, 0) is 11.3 Å². The van der Waals surface area contributed by atoms with Crippen molar-refractivity contribution in [3.63, 3.8) is 0 Å². The van der Waals surface area contributed by atoms with Crippen LogP contribution in [0, 0.1) is 6.92 Å². The van der Waals surface area contributed by atoms with Crippen molar-refractivity contribution in [1.29, 1.82) is 0 Å². The Balaban J connectivity index is 1.29. The maximum absolute atomic E-state index is 12.8. The molecule has 5 rings (SSSR count). The zero-order valence-corrected chi connectivity index (χ0v) is 19.5. The van der Waals surface area contributed by atoms with E-state index in [2.05, 4.69) is 35.6 Å². The fourth-order valence-corrected chi connectivity index (χ4v) is 4.70. The minimum atomic E-state index is -0.263. The molecular weight excluding hydrogens is 424 g/mol. The number of ether oxygens (including phenoxy) is 1. The third-order valence-corrected chi connectivity index (χ3v) is 6.79. The highest BCUT2D eigenvalue weighted by molar-refractivity contribution is 5.97. The van der Waals surface area contributed by atoms with Crippen LogP contribution in [0.25, 0.3) is 11.1 Å². The van der Waals surface area contributed by atoms with Crippen LogP contribution in [0.2, 0.25) is 0 Å². The first-order valence-electron chi connectivity index (χ1n) is 12.1. The molecule has 1 aliphatic heterocycles. The third kappa shape index (κ3) is 4.84. The van der Waals surface area contributed by atoms with Crippen molar-refractivity contribution in [1.82, 2.24) is 10.2 Å². The SMILES string of the molecule is Cc1c(C(=O)NC2CC2)cccc1-c1ccc(C2CCCN2C(=O)OCc2ccccc2)cc1. The summed E-state index contributed by atoms with van der Waals surface area (Å²) in [6.07, 6.45) is 3.77. The summed E-state index contributed by atoms with van der Waals surface area (Å²) in [6.45, 7) is 3.00. The molecule has 1 aliphatic carbocycles. The molecule has 2 aliphatic rings. The van der Waals surface area contributed by atoms with Gasteiger partial charge in [0.15, 0.2) is 0 Å². The first kappa shape index (κ1) is 22.2. The monoisotopic (exact) mass is 454 g/mol. The predicted molar refractivity (Wildman–Crippen MR) is 132 cm³/mol. The highest BCUT2D eigenvalue weighted by Crippen LogP contribution is 2.34. The van der Waals surface area contributed by atoms with E-state index >= 15 is 0 Å². The highest BCUT2D eigenvalue weighted by atomic mass is 16.6. The van der Waals surface area contributed by atoms with E-state index in [-0.39, 0.29) is 24.6 Å². The van der Waals surface area contributed by atoms with Gasteiger partial charge in [-0.25, -0.2) is 4.79 Å². The molecule has 1 saturated heterocycles. The van der Waals surface area contributed by atoms with Gasteiger partial charge in [0.25, 0.3) is 5.91 Å². The van der Waals surface area contributed by atoms with Gasteiger partial charge in [0.2, 0.25) is 0 Å². The van der Waals surface area contributed by atoms with E-state index in [9.17, 15) is 9.59 Å². The summed E-state index contributed by atoms with van der Waals surface area (Å²) in [4.78, 5) is 27.2. The molecule has 174 valence electrons. The Kier molecular flexibility index (Phi) is 6.35. The van der Waals surface area contributed by atoms with Crippen LogP contribution in [-0.4, -0.2) is 29.5 Å². The summed E-state index contributed by atoms with van der Waals surface area (Å²) in [5.74, 6) is 0.00841. The van der Waals surface area contributed by atoms with E-state index < -0.39 is 0 Å². The van der Waals surface area contributed by atoms with Crippen molar-refractivity contribution in [2.24, 2.45) is 0 Å². The highest BCUT2D eigenvalue weighted by Gasteiger charge is 2.31. The van der Waals surface area contributed by atoms with Crippen molar-refractivity contribution in [2.45, 2.75) is 51.3 Å². The molecule has 1 heterocycles. The lowest BCUT2D eigenvalue weighted by Crippen LogP contribution is -2.31. The van der Waals surface area contributed by atoms with Gasteiger partial charge in [-0.3, -0.25) is 4.79 Å². The first-order chi connectivity index (χ1) is 16.6. The molecule has 2 amide bonds. The first-order valence-corrected chi connectivity index (χ1v) is 12.1. The molecule has 5 heteroatoms. The van der Waals surface area contributed by atoms with Gasteiger partial charge in [0.1, 0.15) is 6.61 Å². The number of benzene rings is 3. The van der Waals surface area contributed by atoms with E-state index in [0.29, 0.717) is 12.6 Å². The molecule has 2 fully saturated rings. The van der Waals surface area contributed by atoms with Crippen LogP contribution >= 0.6 is 0 Å². The second-order valence-electron chi connectivity index (χ2n) is 9.24. The lowest BCUT2D eigenvalue weighted by molar-refractivity contribution is 0.0919. The van der Waals surface area contributed by atoms with Gasteiger partial charge in [-0.15, -0.1) is 0 Å². The van der Waals surface area contributed by atoms with Gasteiger partial charge in [-0.2, -0.15) is 0 Å². The number of likely N-dealkylation sites (tertiary alicyclic amines) is 1. The van der Waals surface area contributed by atoms with Gasteiger partial charge in [0, 0.05) is 18.2 Å². The number of amides is 2. The Morgan fingerprint density at radius 3 is 2.44 bits per heavy atom. The second kappa shape index (κ2) is 9.72. The van der Waals surface area contributed by atoms with Crippen LogP contribution in [0.1, 0.15) is 58.8 Å². The van der Waals surface area contributed by atoms with E-state index in [1.54, 1.807) is 0 Å². The molecule has 1 N–H and O–H groups in total. The zero-order chi connectivity index (χ0) is 23.5. The van der Waals surface area contributed by atoms with Crippen molar-refractivity contribution in [3.05, 3.63) is 95.1 Å². The van der Waals surface area contributed by atoms with Gasteiger partial charge in [0.05, 0.1) is 6.04 Å². The quantitative estimate of drug-likeness (QED) is 0.495. The lowest BCUT2D eigenvalue weighted by Gasteiger charge is -2.24. The van der Waals surface area contributed by atoms with Crippen LogP contribution in [0.5, 0.6) is 0 Å². The summed E-state index contributed by atoms with van der Waals surface area (Å²) in [7, 11) is 0. The van der Waals surface area contributed by atoms with Gasteiger partial charge < -0.3 is 15.0 Å². The zero-order valence-electron chi connectivity index (χ0n) is 19.5. The lowest BCUT2D eigenvalue weighted by atomic mass is 9.94. The maximum Gasteiger partial charge on any atom is 0.410 e. The number of carbonyl (C=O) groups is 2. The molecule has 3 aromatic carbocycles. The average Bonchev–Trinajstić information content (AvgIpc) is 3.54. The molecule has 1 atom stereocenters. The van der Waals surface area contributed by atoms with E-state index in [4.69, 9.17) is 4.74 Å². The standard InChI is InChI=1S/C29H30N2O3/c1-20-25(9-5-10-26(20)28(32)30-24-16-17-24)22-12-14-23(15-13-22)27-11-6-18-31(27)29(33)34-19-21-7-3-2-4-8-21/h2-5,7-10,12-15,24,27H,6,11,16-19H2,1H3,(H,30,32). The minimum absolute atomic E-state index is 0.00841. The van der Waals surface area contributed by atoms with E-state index in [1.165, 1.54) is 0 Å². The molecule has 0 radical (unpaired) electrons. The number of hydrogen-bond donors (Lipinski definition) is 1. The Morgan fingerprint density at radius 2 is 1.71 bits per heavy atom. The number of carbonyl (C=O) groups excluding carboxylic acids is 2. The fourth-order valence-electron chi connectivity index (χ4n) is 4.70. The van der Waals surface area contributed by atoms with Crippen LogP contribution < -0.4 is 5.32 Å². The Labute approximate surface area is 200 Å². The Morgan fingerprint density at radius 1 is 0.941 bits per heavy atom. The summed E-state index contributed by atoms with van der Waals surface area (Å²) in [6, 6.07) is 24.4. The van der Waals surface area contributed by atoms with Crippen LogP contribution in [0.15, 0.2) is 72.8 Å². The molecule has 34 heavy (non-hydrogen) atoms. The topological polar surface area (TPSA) is 58.6 Å². The fraction of sp³-hybridized carbons (Fsp3) is 0.310. The molecule has 0 aromatic heterocycles. The summed E-state index contributed by atoms with van der Waals surface area (Å²) in [5.41, 5.74) is 5.94. The normalized spacial score (nSPS) is 17.4. The van der Waals surface area contributed by atoms with Gasteiger partial charge >= 0.3 is 6.09 Å². The second-order valence-corrected chi connectivity index (χ2v) is 9.24. The molecule has 1 unspecified atom stereocenters. The molecular formula is C29H30N2O3. The largest absolute Gasteiger partial charge is 0.445 e. The summed E-state index contributed by atoms with van der Waals surface area (Å²) >= 11 is 0. The summed E-state index contributed by atoms with van der Waals surface area (Å²) < 4.78 is 5.59. The number of hydrogen-bond acceptors (Lipinski definition) is 3. The van der Waals surface area contributed by atoms with Gasteiger partial charge in [-0.05, 0) is 66.5 Å². The molecule has 0 spiro atoms. The van der Waals surface area contributed by atoms with Gasteiger partial charge in [-0.1, -0.05) is 66.7 Å². The molecule has 0 bridgehead atoms. The van der Waals surface area contributed by atoms with Crippen molar-refractivity contribution in [2.75, 3.05) is 6.54 Å². The smallest absolute Gasteiger partial charge is 0.410 e. The molecule has 1 saturated carbocycles. The van der Waals surface area contributed by atoms with Crippen molar-refractivity contribution < 1.29 is 14.3 Å². The average molecular weight is 455 g/mol. The molecule has 5 nitrogen and oxygen atoms in total. The summed E-state index contributed by atoms with van der Waals surface area (Å²) in [5, 5.41) is 3.08. The number of nitrogens with one attached hydrogen (secondary N) is 1.